The molecular weight excluding hydrogens is 230 g/mol. The Morgan fingerprint density at radius 1 is 1.47 bits per heavy atom. The fourth-order valence-corrected chi connectivity index (χ4v) is 1.67. The summed E-state index contributed by atoms with van der Waals surface area (Å²) in [5, 5.41) is 0. The molecule has 0 unspecified atom stereocenters. The average molecular weight is 242 g/mol. The number of hydrogen-bond donors (Lipinski definition) is 0. The van der Waals surface area contributed by atoms with Crippen LogP contribution in [0, 0.1) is 6.92 Å². The molecule has 4 nitrogen and oxygen atoms in total. The van der Waals surface area contributed by atoms with Crippen LogP contribution in [0.3, 0.4) is 0 Å². The highest BCUT2D eigenvalue weighted by Crippen LogP contribution is 2.23. The van der Waals surface area contributed by atoms with Crippen LogP contribution >= 0.6 is 0 Å². The average Bonchev–Trinajstić information content (AvgIpc) is 2.58. The number of pyridine rings is 1. The first-order valence-electron chi connectivity index (χ1n) is 5.03. The Morgan fingerprint density at radius 3 is 2.88 bits per heavy atom. The molecule has 2 rings (SSSR count). The van der Waals surface area contributed by atoms with E-state index in [-0.39, 0.29) is 5.75 Å². The van der Waals surface area contributed by atoms with Crippen molar-refractivity contribution >= 4 is 5.65 Å². The molecule has 2 heterocycles. The highest BCUT2D eigenvalue weighted by Gasteiger charge is 2.14. The van der Waals surface area contributed by atoms with Gasteiger partial charge in [-0.3, -0.25) is 0 Å². The molecule has 0 bridgehead atoms. The molecule has 0 radical (unpaired) electrons. The molecule has 0 saturated heterocycles. The zero-order valence-electron chi connectivity index (χ0n) is 9.48. The predicted octanol–water partition coefficient (Wildman–Crippen LogP) is 2.39. The van der Waals surface area contributed by atoms with Gasteiger partial charge >= 0.3 is 6.61 Å². The molecule has 0 aliphatic heterocycles. The van der Waals surface area contributed by atoms with Gasteiger partial charge in [-0.1, -0.05) is 0 Å². The Labute approximate surface area is 96.8 Å². The minimum absolute atomic E-state index is 0.0629. The Morgan fingerprint density at radius 2 is 2.24 bits per heavy atom. The Hall–Kier alpha value is -1.69. The number of halogens is 2. The van der Waals surface area contributed by atoms with E-state index in [4.69, 9.17) is 4.74 Å². The van der Waals surface area contributed by atoms with Gasteiger partial charge in [-0.2, -0.15) is 8.78 Å². The van der Waals surface area contributed by atoms with E-state index in [0.717, 1.165) is 5.69 Å². The van der Waals surface area contributed by atoms with E-state index in [9.17, 15) is 8.78 Å². The summed E-state index contributed by atoms with van der Waals surface area (Å²) in [6.45, 7) is -0.675. The van der Waals surface area contributed by atoms with Crippen LogP contribution in [0.2, 0.25) is 0 Å². The number of alkyl halides is 2. The number of fused-ring (bicyclic) bond motifs is 1. The van der Waals surface area contributed by atoms with Gasteiger partial charge in [0.05, 0.1) is 12.3 Å². The Kier molecular flexibility index (Phi) is 3.23. The third-order valence-electron chi connectivity index (χ3n) is 2.45. The molecule has 0 atom stereocenters. The molecule has 0 aromatic carbocycles. The SMILES string of the molecule is COCc1nc2c(OC(F)F)cccn2c1C. The number of imidazole rings is 1. The molecule has 92 valence electrons. The third-order valence-corrected chi connectivity index (χ3v) is 2.45. The van der Waals surface area contributed by atoms with Gasteiger partial charge < -0.3 is 13.9 Å². The molecule has 0 saturated carbocycles. The second-order valence-electron chi connectivity index (χ2n) is 3.52. The number of aromatic nitrogens is 2. The monoisotopic (exact) mass is 242 g/mol. The number of rotatable bonds is 4. The highest BCUT2D eigenvalue weighted by atomic mass is 19.3. The lowest BCUT2D eigenvalue weighted by molar-refractivity contribution is -0.0491. The predicted molar refractivity (Wildman–Crippen MR) is 57.3 cm³/mol. The first-order chi connectivity index (χ1) is 8.13. The third kappa shape index (κ3) is 2.21. The first kappa shape index (κ1) is 11.8. The molecule has 0 fully saturated rings. The maximum Gasteiger partial charge on any atom is 0.387 e. The second-order valence-corrected chi connectivity index (χ2v) is 3.52. The lowest BCUT2D eigenvalue weighted by Gasteiger charge is -2.05. The van der Waals surface area contributed by atoms with E-state index in [0.29, 0.717) is 17.9 Å². The van der Waals surface area contributed by atoms with Gasteiger partial charge in [0.15, 0.2) is 11.4 Å². The summed E-state index contributed by atoms with van der Waals surface area (Å²) >= 11 is 0. The van der Waals surface area contributed by atoms with Gasteiger partial charge in [-0.25, -0.2) is 4.98 Å². The molecule has 0 aliphatic rings. The number of hydrogen-bond acceptors (Lipinski definition) is 3. The summed E-state index contributed by atoms with van der Waals surface area (Å²) in [4.78, 5) is 4.23. The van der Waals surface area contributed by atoms with Crippen LogP contribution in [0.5, 0.6) is 5.75 Å². The molecule has 17 heavy (non-hydrogen) atoms. The van der Waals surface area contributed by atoms with Crippen LogP contribution in [0.25, 0.3) is 5.65 Å². The summed E-state index contributed by atoms with van der Waals surface area (Å²) < 4.78 is 35.6. The van der Waals surface area contributed by atoms with Crippen LogP contribution in [-0.2, 0) is 11.3 Å². The summed E-state index contributed by atoms with van der Waals surface area (Å²) in [5.41, 5.74) is 1.93. The summed E-state index contributed by atoms with van der Waals surface area (Å²) in [5.74, 6) is 0.0629. The van der Waals surface area contributed by atoms with Gasteiger partial charge in [0.1, 0.15) is 0 Å². The topological polar surface area (TPSA) is 35.8 Å². The quantitative estimate of drug-likeness (QED) is 0.825. The zero-order valence-corrected chi connectivity index (χ0v) is 9.48. The minimum atomic E-state index is -2.86. The van der Waals surface area contributed by atoms with Gasteiger partial charge in [0, 0.05) is 19.0 Å². The summed E-state index contributed by atoms with van der Waals surface area (Å²) in [6, 6.07) is 3.10. The largest absolute Gasteiger partial charge is 0.431 e. The summed E-state index contributed by atoms with van der Waals surface area (Å²) in [6.07, 6.45) is 1.75. The maximum absolute atomic E-state index is 12.2. The zero-order chi connectivity index (χ0) is 12.4. The van der Waals surface area contributed by atoms with Crippen LogP contribution in [0.1, 0.15) is 11.4 Å². The lowest BCUT2D eigenvalue weighted by Crippen LogP contribution is -2.03. The van der Waals surface area contributed by atoms with Gasteiger partial charge in [0.2, 0.25) is 0 Å². The Bertz CT molecular complexity index is 525. The minimum Gasteiger partial charge on any atom is -0.431 e. The normalized spacial score (nSPS) is 11.4. The van der Waals surface area contributed by atoms with Crippen molar-refractivity contribution in [2.24, 2.45) is 0 Å². The van der Waals surface area contributed by atoms with E-state index in [1.165, 1.54) is 6.07 Å². The molecule has 0 N–H and O–H groups in total. The number of ether oxygens (including phenoxy) is 2. The van der Waals surface area contributed by atoms with Crippen LogP contribution in [0.4, 0.5) is 8.78 Å². The van der Waals surface area contributed by atoms with E-state index >= 15 is 0 Å². The van der Waals surface area contributed by atoms with E-state index in [2.05, 4.69) is 9.72 Å². The van der Waals surface area contributed by atoms with Crippen molar-refractivity contribution in [3.8, 4) is 5.75 Å². The van der Waals surface area contributed by atoms with E-state index in [1.54, 1.807) is 23.8 Å². The molecule has 2 aromatic rings. The molecule has 0 spiro atoms. The number of aryl methyl sites for hydroxylation is 1. The van der Waals surface area contributed by atoms with Crippen LogP contribution < -0.4 is 4.74 Å². The molecule has 6 heteroatoms. The van der Waals surface area contributed by atoms with E-state index in [1.807, 2.05) is 6.92 Å². The lowest BCUT2D eigenvalue weighted by atomic mass is 10.3. The first-order valence-corrected chi connectivity index (χ1v) is 5.03. The highest BCUT2D eigenvalue weighted by molar-refractivity contribution is 5.55. The smallest absolute Gasteiger partial charge is 0.387 e. The van der Waals surface area contributed by atoms with Gasteiger partial charge in [-0.05, 0) is 19.1 Å². The van der Waals surface area contributed by atoms with Crippen LogP contribution in [0.15, 0.2) is 18.3 Å². The Balaban J connectivity index is 2.52. The number of nitrogens with zero attached hydrogens (tertiary/aromatic N) is 2. The van der Waals surface area contributed by atoms with Crippen molar-refractivity contribution in [2.45, 2.75) is 20.1 Å². The second kappa shape index (κ2) is 4.67. The molecule has 0 aliphatic carbocycles. The standard InChI is InChI=1S/C11H12F2N2O2/c1-7-8(6-16-2)14-10-9(17-11(12)13)4-3-5-15(7)10/h3-5,11H,6H2,1-2H3. The molecule has 2 aromatic heterocycles. The van der Waals surface area contributed by atoms with Crippen molar-refractivity contribution < 1.29 is 18.3 Å². The van der Waals surface area contributed by atoms with Crippen molar-refractivity contribution in [2.75, 3.05) is 7.11 Å². The maximum atomic E-state index is 12.2. The van der Waals surface area contributed by atoms with Crippen LogP contribution in [-0.4, -0.2) is 23.1 Å². The fraction of sp³-hybridized carbons (Fsp3) is 0.364. The van der Waals surface area contributed by atoms with Crippen molar-refractivity contribution in [1.82, 2.24) is 9.38 Å². The molecular formula is C11H12F2N2O2. The van der Waals surface area contributed by atoms with Crippen molar-refractivity contribution in [1.29, 1.82) is 0 Å². The van der Waals surface area contributed by atoms with Gasteiger partial charge in [-0.15, -0.1) is 0 Å². The van der Waals surface area contributed by atoms with Gasteiger partial charge in [0.25, 0.3) is 0 Å². The fourth-order valence-electron chi connectivity index (χ4n) is 1.67. The number of methoxy groups -OCH3 is 1. The van der Waals surface area contributed by atoms with Crippen molar-refractivity contribution in [3.63, 3.8) is 0 Å². The van der Waals surface area contributed by atoms with Crippen molar-refractivity contribution in [3.05, 3.63) is 29.7 Å². The summed E-state index contributed by atoms with van der Waals surface area (Å²) in [7, 11) is 1.56. The van der Waals surface area contributed by atoms with E-state index < -0.39 is 6.61 Å². The molecule has 0 amide bonds.